The average Bonchev–Trinajstić information content (AvgIpc) is 3.24. The minimum Gasteiger partial charge on any atom is -0.507 e. The number of methoxy groups -OCH3 is 1. The van der Waals surface area contributed by atoms with Gasteiger partial charge in [-0.2, -0.15) is 0 Å². The van der Waals surface area contributed by atoms with Crippen LogP contribution < -0.4 is 0 Å². The zero-order valence-corrected chi connectivity index (χ0v) is 13.7. The van der Waals surface area contributed by atoms with Crippen molar-refractivity contribution < 1.29 is 23.8 Å². The number of hydrogen-bond acceptors (Lipinski definition) is 6. The maximum Gasteiger partial charge on any atom is 0.295 e. The van der Waals surface area contributed by atoms with Crippen LogP contribution in [0.15, 0.2) is 52.9 Å². The van der Waals surface area contributed by atoms with Crippen LogP contribution in [-0.2, 0) is 14.3 Å². The first-order valence-electron chi connectivity index (χ1n) is 7.86. The third-order valence-corrected chi connectivity index (χ3v) is 4.05. The van der Waals surface area contributed by atoms with Crippen molar-refractivity contribution >= 4 is 17.4 Å². The lowest BCUT2D eigenvalue weighted by atomic mass is 10.00. The first kappa shape index (κ1) is 16.9. The van der Waals surface area contributed by atoms with Crippen molar-refractivity contribution in [3.8, 4) is 0 Å². The maximum atomic E-state index is 12.6. The molecule has 1 unspecified atom stereocenters. The lowest BCUT2D eigenvalue weighted by molar-refractivity contribution is -0.140. The number of likely N-dealkylation sites (tertiary alicyclic amines) is 1. The fourth-order valence-electron chi connectivity index (χ4n) is 2.90. The number of ether oxygens (including phenoxy) is 1. The molecule has 130 valence electrons. The standard InChI is InChI=1S/C18H18N2O5/c1-24-10-3-9-20-15(13-4-2-11-25-13)14(17(22)18(20)23)16(21)12-5-7-19-8-6-12/h2,4-8,11,15,21H,3,9-10H2,1H3/b16-14-. The van der Waals surface area contributed by atoms with Crippen molar-refractivity contribution in [2.75, 3.05) is 20.3 Å². The second-order valence-corrected chi connectivity index (χ2v) is 5.59. The molecule has 1 aliphatic rings. The van der Waals surface area contributed by atoms with Crippen molar-refractivity contribution in [3.05, 3.63) is 59.8 Å². The minimum atomic E-state index is -0.764. The van der Waals surface area contributed by atoms with E-state index in [0.29, 0.717) is 30.9 Å². The van der Waals surface area contributed by atoms with E-state index in [0.717, 1.165) is 0 Å². The molecule has 0 aromatic carbocycles. The van der Waals surface area contributed by atoms with Gasteiger partial charge in [-0.1, -0.05) is 0 Å². The summed E-state index contributed by atoms with van der Waals surface area (Å²) in [4.78, 5) is 30.4. The van der Waals surface area contributed by atoms with E-state index < -0.39 is 17.7 Å². The third kappa shape index (κ3) is 3.18. The number of amides is 1. The van der Waals surface area contributed by atoms with Crippen LogP contribution in [0.1, 0.15) is 23.8 Å². The second kappa shape index (κ2) is 7.31. The van der Waals surface area contributed by atoms with Crippen molar-refractivity contribution in [1.82, 2.24) is 9.88 Å². The molecule has 1 atom stereocenters. The van der Waals surface area contributed by atoms with Crippen LogP contribution >= 0.6 is 0 Å². The Balaban J connectivity index is 2.06. The summed E-state index contributed by atoms with van der Waals surface area (Å²) in [5.41, 5.74) is 0.435. The van der Waals surface area contributed by atoms with Gasteiger partial charge in [-0.15, -0.1) is 0 Å². The van der Waals surface area contributed by atoms with Gasteiger partial charge < -0.3 is 19.2 Å². The number of hydrogen-bond donors (Lipinski definition) is 1. The van der Waals surface area contributed by atoms with Crippen molar-refractivity contribution in [2.24, 2.45) is 0 Å². The number of pyridine rings is 1. The molecule has 0 bridgehead atoms. The highest BCUT2D eigenvalue weighted by atomic mass is 16.5. The monoisotopic (exact) mass is 342 g/mol. The summed E-state index contributed by atoms with van der Waals surface area (Å²) in [5.74, 6) is -1.20. The van der Waals surface area contributed by atoms with Gasteiger partial charge in [-0.05, 0) is 30.7 Å². The number of furan rings is 1. The number of aliphatic hydroxyl groups excluding tert-OH is 1. The predicted octanol–water partition coefficient (Wildman–Crippen LogP) is 2.13. The summed E-state index contributed by atoms with van der Waals surface area (Å²) in [7, 11) is 1.57. The third-order valence-electron chi connectivity index (χ3n) is 4.05. The van der Waals surface area contributed by atoms with E-state index in [9.17, 15) is 14.7 Å². The van der Waals surface area contributed by atoms with Gasteiger partial charge in [0, 0.05) is 38.2 Å². The summed E-state index contributed by atoms with van der Waals surface area (Å²) in [6.45, 7) is 0.773. The molecule has 0 saturated carbocycles. The molecule has 0 aliphatic carbocycles. The number of aromatic nitrogens is 1. The number of ketones is 1. The molecule has 7 nitrogen and oxygen atoms in total. The van der Waals surface area contributed by atoms with Crippen LogP contribution in [0.4, 0.5) is 0 Å². The van der Waals surface area contributed by atoms with Crippen molar-refractivity contribution in [1.29, 1.82) is 0 Å². The van der Waals surface area contributed by atoms with Crippen LogP contribution in [0.3, 0.4) is 0 Å². The maximum absolute atomic E-state index is 12.6. The lowest BCUT2D eigenvalue weighted by Gasteiger charge is -2.23. The first-order chi connectivity index (χ1) is 12.1. The Kier molecular flexibility index (Phi) is 4.95. The Labute approximate surface area is 144 Å². The van der Waals surface area contributed by atoms with Crippen molar-refractivity contribution in [2.45, 2.75) is 12.5 Å². The Hall–Kier alpha value is -2.93. The Morgan fingerprint density at radius 2 is 2.08 bits per heavy atom. The van der Waals surface area contributed by atoms with Crippen LogP contribution in [0, 0.1) is 0 Å². The molecule has 7 heteroatoms. The van der Waals surface area contributed by atoms with E-state index in [1.807, 2.05) is 0 Å². The smallest absolute Gasteiger partial charge is 0.295 e. The quantitative estimate of drug-likeness (QED) is 0.374. The second-order valence-electron chi connectivity index (χ2n) is 5.59. The number of rotatable bonds is 6. The van der Waals surface area contributed by atoms with E-state index in [1.165, 1.54) is 23.6 Å². The van der Waals surface area contributed by atoms with Gasteiger partial charge in [0.25, 0.3) is 11.7 Å². The van der Waals surface area contributed by atoms with Crippen LogP contribution in [0.2, 0.25) is 0 Å². The molecular weight excluding hydrogens is 324 g/mol. The van der Waals surface area contributed by atoms with Crippen LogP contribution in [-0.4, -0.2) is 46.9 Å². The zero-order chi connectivity index (χ0) is 17.8. The van der Waals surface area contributed by atoms with Gasteiger partial charge in [0.05, 0.1) is 11.8 Å². The molecule has 1 saturated heterocycles. The van der Waals surface area contributed by atoms with Gasteiger partial charge in [0.1, 0.15) is 17.6 Å². The molecule has 2 aromatic heterocycles. The highest BCUT2D eigenvalue weighted by Crippen LogP contribution is 2.39. The van der Waals surface area contributed by atoms with Gasteiger partial charge in [0.2, 0.25) is 0 Å². The van der Waals surface area contributed by atoms with E-state index in [-0.39, 0.29) is 11.3 Å². The fourth-order valence-corrected chi connectivity index (χ4v) is 2.90. The number of carbonyl (C=O) groups excluding carboxylic acids is 2. The Morgan fingerprint density at radius 1 is 1.32 bits per heavy atom. The number of nitrogens with zero attached hydrogens (tertiary/aromatic N) is 2. The van der Waals surface area contributed by atoms with E-state index in [1.54, 1.807) is 31.4 Å². The highest BCUT2D eigenvalue weighted by molar-refractivity contribution is 6.46. The normalized spacial score (nSPS) is 19.6. The summed E-state index contributed by atoms with van der Waals surface area (Å²) in [6.07, 6.45) is 5.05. The Morgan fingerprint density at radius 3 is 2.72 bits per heavy atom. The number of carbonyl (C=O) groups is 2. The average molecular weight is 342 g/mol. The molecular formula is C18H18N2O5. The Bertz CT molecular complexity index is 783. The highest BCUT2D eigenvalue weighted by Gasteiger charge is 2.47. The van der Waals surface area contributed by atoms with Gasteiger partial charge in [-0.25, -0.2) is 0 Å². The largest absolute Gasteiger partial charge is 0.507 e. The van der Waals surface area contributed by atoms with Gasteiger partial charge >= 0.3 is 0 Å². The summed E-state index contributed by atoms with van der Waals surface area (Å²) in [5, 5.41) is 10.7. The molecule has 1 aliphatic heterocycles. The van der Waals surface area contributed by atoms with Crippen molar-refractivity contribution in [3.63, 3.8) is 0 Å². The number of Topliss-reactive ketones (excluding diaryl/α,β-unsaturated/α-hetero) is 1. The summed E-state index contributed by atoms with van der Waals surface area (Å²) >= 11 is 0. The fraction of sp³-hybridized carbons (Fsp3) is 0.278. The summed E-state index contributed by atoms with van der Waals surface area (Å²) in [6, 6.07) is 5.75. The van der Waals surface area contributed by atoms with E-state index in [4.69, 9.17) is 9.15 Å². The molecule has 1 N–H and O–H groups in total. The molecule has 25 heavy (non-hydrogen) atoms. The van der Waals surface area contributed by atoms with Crippen LogP contribution in [0.5, 0.6) is 0 Å². The van der Waals surface area contributed by atoms with Gasteiger partial charge in [-0.3, -0.25) is 14.6 Å². The number of aliphatic hydroxyl groups is 1. The zero-order valence-electron chi connectivity index (χ0n) is 13.7. The molecule has 1 amide bonds. The van der Waals surface area contributed by atoms with E-state index in [2.05, 4.69) is 4.98 Å². The van der Waals surface area contributed by atoms with Gasteiger partial charge in [0.15, 0.2) is 0 Å². The molecule has 3 rings (SSSR count). The molecule has 3 heterocycles. The first-order valence-corrected chi connectivity index (χ1v) is 7.86. The van der Waals surface area contributed by atoms with Crippen LogP contribution in [0.25, 0.3) is 5.76 Å². The van der Waals surface area contributed by atoms with E-state index >= 15 is 0 Å². The molecule has 0 spiro atoms. The molecule has 0 radical (unpaired) electrons. The SMILES string of the molecule is COCCCN1C(=O)C(=O)/C(=C(\O)c2ccncc2)C1c1ccco1. The molecule has 2 aromatic rings. The topological polar surface area (TPSA) is 92.9 Å². The minimum absolute atomic E-state index is 0.0172. The predicted molar refractivity (Wildman–Crippen MR) is 88.4 cm³/mol. The molecule has 1 fully saturated rings. The summed E-state index contributed by atoms with van der Waals surface area (Å²) < 4.78 is 10.5. The lowest BCUT2D eigenvalue weighted by Crippen LogP contribution is -2.31.